The van der Waals surface area contributed by atoms with Crippen LogP contribution in [-0.2, 0) is 6.54 Å². The SMILES string of the molecule is C=CCN1CCN(Cc2ccccc2)CC1c1nc2ccccc2[nH]1. The van der Waals surface area contributed by atoms with E-state index >= 15 is 0 Å². The Balaban J connectivity index is 1.58. The van der Waals surface area contributed by atoms with Crippen LogP contribution in [0.2, 0.25) is 0 Å². The molecule has 2 heterocycles. The monoisotopic (exact) mass is 332 g/mol. The van der Waals surface area contributed by atoms with Gasteiger partial charge >= 0.3 is 0 Å². The van der Waals surface area contributed by atoms with Crippen LogP contribution in [0.25, 0.3) is 11.0 Å². The van der Waals surface area contributed by atoms with Gasteiger partial charge < -0.3 is 4.98 Å². The Morgan fingerprint density at radius 3 is 2.68 bits per heavy atom. The lowest BCUT2D eigenvalue weighted by molar-refractivity contribution is 0.0749. The molecule has 25 heavy (non-hydrogen) atoms. The Bertz CT molecular complexity index is 806. The van der Waals surface area contributed by atoms with Gasteiger partial charge in [0.25, 0.3) is 0 Å². The maximum absolute atomic E-state index is 4.85. The van der Waals surface area contributed by atoms with Gasteiger partial charge in [-0.15, -0.1) is 6.58 Å². The second-order valence-electron chi connectivity index (χ2n) is 6.66. The number of H-pyrrole nitrogens is 1. The van der Waals surface area contributed by atoms with Crippen molar-refractivity contribution < 1.29 is 0 Å². The highest BCUT2D eigenvalue weighted by Gasteiger charge is 2.29. The molecular weight excluding hydrogens is 308 g/mol. The van der Waals surface area contributed by atoms with Gasteiger partial charge in [-0.2, -0.15) is 0 Å². The first-order valence-electron chi connectivity index (χ1n) is 8.89. The van der Waals surface area contributed by atoms with E-state index in [1.165, 1.54) is 5.56 Å². The lowest BCUT2D eigenvalue weighted by atomic mass is 10.1. The molecule has 0 radical (unpaired) electrons. The van der Waals surface area contributed by atoms with Crippen LogP contribution in [0, 0.1) is 0 Å². The fourth-order valence-corrected chi connectivity index (χ4v) is 3.64. The lowest BCUT2D eigenvalue weighted by Crippen LogP contribution is -2.48. The van der Waals surface area contributed by atoms with E-state index in [0.717, 1.165) is 49.6 Å². The number of benzene rings is 2. The zero-order chi connectivity index (χ0) is 17.1. The number of piperazine rings is 1. The summed E-state index contributed by atoms with van der Waals surface area (Å²) in [5, 5.41) is 0. The summed E-state index contributed by atoms with van der Waals surface area (Å²) in [6.07, 6.45) is 1.99. The molecule has 2 aromatic carbocycles. The minimum Gasteiger partial charge on any atom is -0.341 e. The number of para-hydroxylation sites is 2. The Labute approximate surface area is 148 Å². The fourth-order valence-electron chi connectivity index (χ4n) is 3.64. The van der Waals surface area contributed by atoms with Gasteiger partial charge in [-0.3, -0.25) is 9.80 Å². The molecular formula is C21H24N4. The predicted molar refractivity (Wildman–Crippen MR) is 102 cm³/mol. The minimum absolute atomic E-state index is 0.267. The smallest absolute Gasteiger partial charge is 0.126 e. The van der Waals surface area contributed by atoms with Crippen molar-refractivity contribution in [3.05, 3.63) is 78.6 Å². The predicted octanol–water partition coefficient (Wildman–Crippen LogP) is 3.61. The van der Waals surface area contributed by atoms with Crippen LogP contribution in [0.3, 0.4) is 0 Å². The molecule has 1 atom stereocenters. The third kappa shape index (κ3) is 3.50. The van der Waals surface area contributed by atoms with Gasteiger partial charge in [-0.05, 0) is 17.7 Å². The Morgan fingerprint density at radius 1 is 1.08 bits per heavy atom. The fraction of sp³-hybridized carbons (Fsp3) is 0.286. The summed E-state index contributed by atoms with van der Waals surface area (Å²) in [5.41, 5.74) is 3.51. The van der Waals surface area contributed by atoms with Crippen molar-refractivity contribution in [1.29, 1.82) is 0 Å². The maximum atomic E-state index is 4.85. The van der Waals surface area contributed by atoms with E-state index in [1.54, 1.807) is 0 Å². The van der Waals surface area contributed by atoms with Crippen LogP contribution in [0.4, 0.5) is 0 Å². The molecule has 4 nitrogen and oxygen atoms in total. The lowest BCUT2D eigenvalue weighted by Gasteiger charge is -2.40. The molecule has 4 heteroatoms. The number of hydrogen-bond donors (Lipinski definition) is 1. The molecule has 1 aromatic heterocycles. The highest BCUT2D eigenvalue weighted by atomic mass is 15.3. The molecule has 1 unspecified atom stereocenters. The number of imidazole rings is 1. The largest absolute Gasteiger partial charge is 0.341 e. The van der Waals surface area contributed by atoms with Gasteiger partial charge in [0.05, 0.1) is 17.1 Å². The molecule has 0 saturated carbocycles. The van der Waals surface area contributed by atoms with Crippen LogP contribution >= 0.6 is 0 Å². The number of nitrogens with one attached hydrogen (secondary N) is 1. The van der Waals surface area contributed by atoms with Crippen molar-refractivity contribution in [1.82, 2.24) is 19.8 Å². The molecule has 128 valence electrons. The molecule has 1 aliphatic heterocycles. The quantitative estimate of drug-likeness (QED) is 0.725. The van der Waals surface area contributed by atoms with Crippen molar-refractivity contribution in [3.8, 4) is 0 Å². The zero-order valence-electron chi connectivity index (χ0n) is 14.4. The summed E-state index contributed by atoms with van der Waals surface area (Å²) in [7, 11) is 0. The Morgan fingerprint density at radius 2 is 1.88 bits per heavy atom. The molecule has 1 N–H and O–H groups in total. The number of nitrogens with zero attached hydrogens (tertiary/aromatic N) is 3. The van der Waals surface area contributed by atoms with Crippen LogP contribution in [0.1, 0.15) is 17.4 Å². The van der Waals surface area contributed by atoms with E-state index in [4.69, 9.17) is 4.98 Å². The van der Waals surface area contributed by atoms with Crippen molar-refractivity contribution in [2.24, 2.45) is 0 Å². The summed E-state index contributed by atoms with van der Waals surface area (Å²) in [6.45, 7) is 8.87. The van der Waals surface area contributed by atoms with Crippen molar-refractivity contribution in [2.75, 3.05) is 26.2 Å². The van der Waals surface area contributed by atoms with Gasteiger partial charge in [0, 0.05) is 32.7 Å². The molecule has 0 aliphatic carbocycles. The highest BCUT2D eigenvalue weighted by Crippen LogP contribution is 2.26. The summed E-state index contributed by atoms with van der Waals surface area (Å²) in [5.74, 6) is 1.06. The number of hydrogen-bond acceptors (Lipinski definition) is 3. The zero-order valence-corrected chi connectivity index (χ0v) is 14.4. The number of rotatable bonds is 5. The van der Waals surface area contributed by atoms with Gasteiger partial charge in [-0.1, -0.05) is 48.5 Å². The second kappa shape index (κ2) is 7.21. The van der Waals surface area contributed by atoms with Gasteiger partial charge in [0.15, 0.2) is 0 Å². The van der Waals surface area contributed by atoms with E-state index < -0.39 is 0 Å². The van der Waals surface area contributed by atoms with E-state index in [-0.39, 0.29) is 6.04 Å². The third-order valence-electron chi connectivity index (χ3n) is 4.91. The summed E-state index contributed by atoms with van der Waals surface area (Å²) in [6, 6.07) is 19.2. The highest BCUT2D eigenvalue weighted by molar-refractivity contribution is 5.74. The summed E-state index contributed by atoms with van der Waals surface area (Å²) in [4.78, 5) is 13.4. The van der Waals surface area contributed by atoms with E-state index in [9.17, 15) is 0 Å². The summed E-state index contributed by atoms with van der Waals surface area (Å²) < 4.78 is 0. The van der Waals surface area contributed by atoms with Crippen LogP contribution in [0.15, 0.2) is 67.3 Å². The molecule has 1 saturated heterocycles. The topological polar surface area (TPSA) is 35.2 Å². The van der Waals surface area contributed by atoms with Crippen molar-refractivity contribution >= 4 is 11.0 Å². The van der Waals surface area contributed by atoms with Crippen LogP contribution in [0.5, 0.6) is 0 Å². The van der Waals surface area contributed by atoms with Crippen LogP contribution in [-0.4, -0.2) is 45.9 Å². The molecule has 1 fully saturated rings. The molecule has 0 bridgehead atoms. The summed E-state index contributed by atoms with van der Waals surface area (Å²) >= 11 is 0. The molecule has 4 rings (SSSR count). The first-order valence-corrected chi connectivity index (χ1v) is 8.89. The number of fused-ring (bicyclic) bond motifs is 1. The molecule has 0 spiro atoms. The van der Waals surface area contributed by atoms with E-state index in [1.807, 2.05) is 18.2 Å². The number of aromatic nitrogens is 2. The average molecular weight is 332 g/mol. The first-order chi connectivity index (χ1) is 12.3. The first kappa shape index (κ1) is 16.1. The average Bonchev–Trinajstić information content (AvgIpc) is 3.08. The number of aromatic amines is 1. The van der Waals surface area contributed by atoms with Gasteiger partial charge in [0.1, 0.15) is 5.82 Å². The maximum Gasteiger partial charge on any atom is 0.126 e. The Kier molecular flexibility index (Phi) is 4.63. The van der Waals surface area contributed by atoms with E-state index in [0.29, 0.717) is 0 Å². The molecule has 3 aromatic rings. The minimum atomic E-state index is 0.267. The molecule has 1 aliphatic rings. The van der Waals surface area contributed by atoms with Crippen molar-refractivity contribution in [2.45, 2.75) is 12.6 Å². The van der Waals surface area contributed by atoms with Gasteiger partial charge in [-0.25, -0.2) is 4.98 Å². The van der Waals surface area contributed by atoms with Crippen molar-refractivity contribution in [3.63, 3.8) is 0 Å². The van der Waals surface area contributed by atoms with Gasteiger partial charge in [0.2, 0.25) is 0 Å². The van der Waals surface area contributed by atoms with Crippen LogP contribution < -0.4 is 0 Å². The second-order valence-corrected chi connectivity index (χ2v) is 6.66. The normalized spacial score (nSPS) is 19.3. The third-order valence-corrected chi connectivity index (χ3v) is 4.91. The van der Waals surface area contributed by atoms with E-state index in [2.05, 4.69) is 63.8 Å². The Hall–Kier alpha value is -2.43. The molecule has 0 amide bonds. The standard InChI is InChI=1S/C21H24N4/c1-2-12-25-14-13-24(15-17-8-4-3-5-9-17)16-20(25)21-22-18-10-6-7-11-19(18)23-21/h2-11,20H,1,12-16H2,(H,22,23).